The smallest absolute Gasteiger partial charge is 0.143 e. The van der Waals surface area contributed by atoms with Crippen LogP contribution in [0.3, 0.4) is 0 Å². The zero-order chi connectivity index (χ0) is 91.1. The summed E-state index contributed by atoms with van der Waals surface area (Å²) < 4.78 is 104. The Labute approximate surface area is 735 Å². The molecule has 23 aromatic carbocycles. The fraction of sp³-hybridized carbons (Fsp3) is 0. The zero-order valence-electron chi connectivity index (χ0n) is 77.3. The fourth-order valence-electron chi connectivity index (χ4n) is 19.6. The Morgan fingerprint density at radius 1 is 0.136 bits per heavy atom. The monoisotopic (exact) mass is 1600 g/mol. The minimum atomic E-state index is -0.398. The highest BCUT2D eigenvalue weighted by molar-refractivity contribution is 6.28. The van der Waals surface area contributed by atoms with Crippen LogP contribution in [0, 0.1) is 0 Å². The first-order chi connectivity index (χ1) is 66.2. The molecule has 0 saturated carbocycles. The molecule has 125 heavy (non-hydrogen) atoms. The third-order valence-corrected chi connectivity index (χ3v) is 25.0. The van der Waals surface area contributed by atoms with Gasteiger partial charge in [-0.2, -0.15) is 0 Å². The second-order valence-electron chi connectivity index (χ2n) is 31.8. The molecule has 3 heterocycles. The number of para-hydroxylation sites is 3. The van der Waals surface area contributed by atoms with Gasteiger partial charge in [0.2, 0.25) is 0 Å². The van der Waals surface area contributed by atoms with Crippen LogP contribution < -0.4 is 0 Å². The molecule has 0 spiro atoms. The molecule has 3 aromatic heterocycles. The summed E-state index contributed by atoms with van der Waals surface area (Å²) in [5.41, 5.74) is 23.0. The lowest BCUT2D eigenvalue weighted by atomic mass is 9.83. The lowest BCUT2D eigenvalue weighted by Gasteiger charge is -2.20. The summed E-state index contributed by atoms with van der Waals surface area (Å²) in [6.07, 6.45) is 0. The van der Waals surface area contributed by atoms with Crippen molar-refractivity contribution in [3.63, 3.8) is 0 Å². The third kappa shape index (κ3) is 12.3. The SMILES string of the molecule is [2H]c1c([2H])c([2H])c(-c2c3ccccc3c(-c3ccc(-c4ccc5oc6ccccc6c5c4)c4ccccc34)c3ccccc23)c([2H])c1[2H].[2H]c1c([2H])c([2H])c(-c2c3ccccc3c(-c3ccc4oc5ccccc5c4c3)c3ccccc23)c([2H])c1[2H].c1ccc(-c2c3ccccc3c(-c3ccc(-c4cc(-c5ccccc5)c5oc6ccccc6c5c4)c4ccccc34)c3ccccc23)cc1. The molecular weight excluding hydrogens is 1510 g/mol. The van der Waals surface area contributed by atoms with Gasteiger partial charge in [0.1, 0.15) is 33.5 Å². The summed E-state index contributed by atoms with van der Waals surface area (Å²) in [7, 11) is 0. The van der Waals surface area contributed by atoms with Crippen LogP contribution in [0.2, 0.25) is 0 Å². The molecule has 3 heteroatoms. The molecular formula is C122H76O3. The molecule has 0 amide bonds. The Morgan fingerprint density at radius 3 is 0.800 bits per heavy atom. The largest absolute Gasteiger partial charge is 0.456 e. The van der Waals surface area contributed by atoms with Crippen LogP contribution in [-0.2, 0) is 0 Å². The van der Waals surface area contributed by atoms with Crippen molar-refractivity contribution < 1.29 is 27.0 Å². The molecule has 0 aliphatic heterocycles. The molecule has 0 fully saturated rings. The number of rotatable bonds is 9. The number of furan rings is 3. The molecule has 0 aliphatic rings. The predicted molar refractivity (Wildman–Crippen MR) is 530 cm³/mol. The molecule has 0 aliphatic carbocycles. The second kappa shape index (κ2) is 30.4. The van der Waals surface area contributed by atoms with E-state index in [9.17, 15) is 0 Å². The van der Waals surface area contributed by atoms with Gasteiger partial charge in [0.05, 0.1) is 13.7 Å². The van der Waals surface area contributed by atoms with Gasteiger partial charge in [-0.15, -0.1) is 0 Å². The molecule has 0 saturated heterocycles. The molecule has 0 unspecified atom stereocenters. The van der Waals surface area contributed by atoms with Crippen molar-refractivity contribution in [1.82, 2.24) is 0 Å². The van der Waals surface area contributed by atoms with Crippen LogP contribution in [-0.4, -0.2) is 0 Å². The van der Waals surface area contributed by atoms with Gasteiger partial charge in [-0.1, -0.05) is 406 Å². The molecule has 0 atom stereocenters. The van der Waals surface area contributed by atoms with Crippen LogP contribution in [0.4, 0.5) is 0 Å². The molecule has 0 N–H and O–H groups in total. The Kier molecular flexibility index (Phi) is 15.2. The summed E-state index contributed by atoms with van der Waals surface area (Å²) in [4.78, 5) is 0. The van der Waals surface area contributed by atoms with Crippen molar-refractivity contribution in [2.45, 2.75) is 0 Å². The van der Waals surface area contributed by atoms with E-state index in [-0.39, 0.29) is 59.5 Å². The van der Waals surface area contributed by atoms with Gasteiger partial charge in [0.15, 0.2) is 0 Å². The lowest BCUT2D eigenvalue weighted by molar-refractivity contribution is 0.668. The molecule has 26 aromatic rings. The van der Waals surface area contributed by atoms with Crippen LogP contribution in [0.5, 0.6) is 0 Å². The number of hydrogen-bond acceptors (Lipinski definition) is 3. The van der Waals surface area contributed by atoms with E-state index in [1.165, 1.54) is 65.7 Å². The van der Waals surface area contributed by atoms with Crippen molar-refractivity contribution in [3.8, 4) is 100 Å². The third-order valence-electron chi connectivity index (χ3n) is 25.0. The highest BCUT2D eigenvalue weighted by atomic mass is 16.3. The molecule has 3 nitrogen and oxygen atoms in total. The fourth-order valence-corrected chi connectivity index (χ4v) is 19.6. The van der Waals surface area contributed by atoms with Crippen molar-refractivity contribution in [2.75, 3.05) is 0 Å². The highest BCUT2D eigenvalue weighted by Gasteiger charge is 2.25. The summed E-state index contributed by atoms with van der Waals surface area (Å²) in [6, 6.07) is 136. The summed E-state index contributed by atoms with van der Waals surface area (Å²) in [6.45, 7) is 0. The van der Waals surface area contributed by atoms with E-state index >= 15 is 0 Å². The maximum absolute atomic E-state index is 8.86. The van der Waals surface area contributed by atoms with Crippen molar-refractivity contribution in [3.05, 3.63) is 461 Å². The van der Waals surface area contributed by atoms with Gasteiger partial charge in [0, 0.05) is 37.9 Å². The summed E-state index contributed by atoms with van der Waals surface area (Å²) >= 11 is 0. The average molecular weight is 1600 g/mol. The first kappa shape index (κ1) is 62.7. The van der Waals surface area contributed by atoms with E-state index in [0.717, 1.165) is 164 Å². The Bertz CT molecular complexity index is 9240. The van der Waals surface area contributed by atoms with E-state index in [0.29, 0.717) is 11.1 Å². The van der Waals surface area contributed by atoms with Gasteiger partial charge in [-0.3, -0.25) is 0 Å². The van der Waals surface area contributed by atoms with Crippen LogP contribution in [0.15, 0.2) is 474 Å². The molecule has 0 radical (unpaired) electrons. The standard InChI is InChI=1S/C48H30O.C42H26O.C32H20O/c1-3-15-31(16-4-1)43-29-33(30-44-37-21-13-14-26-45(37)49-48(43)44)34-27-28-42(36-20-8-7-19-35(34)36)47-40-24-11-9-22-38(40)46(32-17-5-2-6-18-32)39-23-10-12-25-41(39)47;1-2-12-27(13-3-1)41-33-17-6-8-19-35(33)42(36-20-9-7-18-34(36)41)37-24-23-29(30-14-4-5-15-31(30)37)28-22-25-40-38(26-28)32-16-10-11-21-39(32)43-40;1-2-10-21(11-3-1)31-24-13-4-6-15-26(24)32(27-16-7-5-14-25(27)31)22-18-19-30-28(20-22)23-12-8-9-17-29(23)33-30/h1-30H;1-26H;1-20H/i;1D,2D,3D,12D,13D;1D,2D,3D,10D,11D. The van der Waals surface area contributed by atoms with E-state index in [1.807, 2.05) is 140 Å². The number of hydrogen-bond donors (Lipinski definition) is 0. The van der Waals surface area contributed by atoms with Crippen molar-refractivity contribution in [2.24, 2.45) is 0 Å². The maximum atomic E-state index is 8.86. The van der Waals surface area contributed by atoms with Crippen LogP contribution >= 0.6 is 0 Å². The average Bonchev–Trinajstić information content (AvgIpc) is 1.37. The van der Waals surface area contributed by atoms with Gasteiger partial charge >= 0.3 is 0 Å². The van der Waals surface area contributed by atoms with Crippen LogP contribution in [0.1, 0.15) is 13.7 Å². The lowest BCUT2D eigenvalue weighted by Crippen LogP contribution is -1.92. The predicted octanol–water partition coefficient (Wildman–Crippen LogP) is 35.0. The molecule has 582 valence electrons. The Balaban J connectivity index is 0.000000112. The quantitative estimate of drug-likeness (QED) is 0.135. The highest BCUT2D eigenvalue weighted by Crippen LogP contribution is 2.52. The summed E-state index contributed by atoms with van der Waals surface area (Å²) in [5.74, 6) is 0. The second-order valence-corrected chi connectivity index (χ2v) is 31.8. The normalized spacial score (nSPS) is 12.8. The molecule has 26 rings (SSSR count). The summed E-state index contributed by atoms with van der Waals surface area (Å²) in [5, 5.41) is 23.3. The topological polar surface area (TPSA) is 39.4 Å². The van der Waals surface area contributed by atoms with Gasteiger partial charge < -0.3 is 13.3 Å². The van der Waals surface area contributed by atoms with E-state index in [4.69, 9.17) is 27.0 Å². The van der Waals surface area contributed by atoms with E-state index in [1.54, 1.807) is 0 Å². The first-order valence-electron chi connectivity index (χ1n) is 47.1. The Morgan fingerprint density at radius 2 is 0.400 bits per heavy atom. The number of benzene rings is 23. The minimum Gasteiger partial charge on any atom is -0.456 e. The molecule has 0 bridgehead atoms. The zero-order valence-corrected chi connectivity index (χ0v) is 67.3. The van der Waals surface area contributed by atoms with Crippen molar-refractivity contribution in [1.29, 1.82) is 0 Å². The van der Waals surface area contributed by atoms with Gasteiger partial charge in [0.25, 0.3) is 0 Å². The van der Waals surface area contributed by atoms with Crippen molar-refractivity contribution >= 4 is 152 Å². The van der Waals surface area contributed by atoms with Gasteiger partial charge in [-0.05, 0) is 235 Å². The number of fused-ring (bicyclic) bond motifs is 17. The van der Waals surface area contributed by atoms with Crippen LogP contribution in [0.25, 0.3) is 252 Å². The Hall–Kier alpha value is -16.5. The maximum Gasteiger partial charge on any atom is 0.143 e. The van der Waals surface area contributed by atoms with E-state index in [2.05, 4.69) is 261 Å². The van der Waals surface area contributed by atoms with Gasteiger partial charge in [-0.25, -0.2) is 0 Å². The van der Waals surface area contributed by atoms with E-state index < -0.39 is 12.1 Å². The first-order valence-corrected chi connectivity index (χ1v) is 42.1. The minimum absolute atomic E-state index is 0.203.